The van der Waals surface area contributed by atoms with E-state index in [0.29, 0.717) is 6.67 Å². The summed E-state index contributed by atoms with van der Waals surface area (Å²) in [6.45, 7) is 0.706. The number of nitro benzene ring substituents is 1. The molecule has 1 aliphatic rings. The molecule has 2 rings (SSSR count). The average molecular weight is 191 g/mol. The van der Waals surface area contributed by atoms with Gasteiger partial charge in [0.1, 0.15) is 0 Å². The summed E-state index contributed by atoms with van der Waals surface area (Å²) in [7, 11) is 0. The minimum absolute atomic E-state index is 0.116. The lowest BCUT2D eigenvalue weighted by Crippen LogP contribution is -2.19. The van der Waals surface area contributed by atoms with Crippen molar-refractivity contribution in [3.63, 3.8) is 0 Å². The van der Waals surface area contributed by atoms with E-state index >= 15 is 0 Å². The largest absolute Gasteiger partial charge is 0.372 e. The summed E-state index contributed by atoms with van der Waals surface area (Å²) in [5, 5.41) is 13.4. The number of non-ortho nitro benzene ring substituents is 1. The van der Waals surface area contributed by atoms with Crippen LogP contribution >= 0.6 is 0 Å². The molecule has 72 valence electrons. The SMILES string of the molecule is O=[N+]([O-])c1ccc(N2C=CNC2)cc1. The van der Waals surface area contributed by atoms with Gasteiger partial charge in [-0.1, -0.05) is 0 Å². The number of anilines is 1. The predicted molar refractivity (Wildman–Crippen MR) is 52.7 cm³/mol. The number of nitrogens with zero attached hydrogens (tertiary/aromatic N) is 2. The maximum Gasteiger partial charge on any atom is 0.269 e. The van der Waals surface area contributed by atoms with Crippen LogP contribution < -0.4 is 10.2 Å². The Morgan fingerprint density at radius 3 is 2.57 bits per heavy atom. The fourth-order valence-electron chi connectivity index (χ4n) is 1.29. The Labute approximate surface area is 80.8 Å². The average Bonchev–Trinajstić information content (AvgIpc) is 2.71. The van der Waals surface area contributed by atoms with E-state index in [9.17, 15) is 10.1 Å². The monoisotopic (exact) mass is 191 g/mol. The maximum absolute atomic E-state index is 10.4. The number of hydrogen-bond donors (Lipinski definition) is 1. The molecular weight excluding hydrogens is 182 g/mol. The molecule has 0 spiro atoms. The van der Waals surface area contributed by atoms with E-state index in [4.69, 9.17) is 0 Å². The van der Waals surface area contributed by atoms with E-state index in [1.807, 2.05) is 17.3 Å². The fraction of sp³-hybridized carbons (Fsp3) is 0.111. The third-order valence-corrected chi connectivity index (χ3v) is 2.03. The lowest BCUT2D eigenvalue weighted by atomic mass is 10.3. The van der Waals surface area contributed by atoms with Crippen LogP contribution in [0.1, 0.15) is 0 Å². The first-order valence-corrected chi connectivity index (χ1v) is 4.18. The van der Waals surface area contributed by atoms with Crippen molar-refractivity contribution in [1.82, 2.24) is 5.32 Å². The molecule has 0 saturated carbocycles. The van der Waals surface area contributed by atoms with Gasteiger partial charge in [-0.15, -0.1) is 0 Å². The standard InChI is InChI=1S/C9H9N3O2/c13-12(14)9-3-1-8(2-4-9)11-6-5-10-7-11/h1-6,10H,7H2. The zero-order valence-electron chi connectivity index (χ0n) is 7.38. The Bertz CT molecular complexity index is 372. The molecule has 1 aromatic rings. The predicted octanol–water partition coefficient (Wildman–Crippen LogP) is 1.43. The first-order chi connectivity index (χ1) is 6.77. The first kappa shape index (κ1) is 8.55. The number of nitrogens with one attached hydrogen (secondary N) is 1. The van der Waals surface area contributed by atoms with Gasteiger partial charge in [0, 0.05) is 30.2 Å². The van der Waals surface area contributed by atoms with Crippen LogP contribution in [0.4, 0.5) is 11.4 Å². The van der Waals surface area contributed by atoms with Crippen molar-refractivity contribution in [2.45, 2.75) is 0 Å². The second-order valence-electron chi connectivity index (χ2n) is 2.92. The van der Waals surface area contributed by atoms with Crippen molar-refractivity contribution < 1.29 is 4.92 Å². The number of rotatable bonds is 2. The molecule has 1 aliphatic heterocycles. The molecule has 1 heterocycles. The highest BCUT2D eigenvalue weighted by Gasteiger charge is 2.08. The van der Waals surface area contributed by atoms with Crippen LogP contribution in [0.2, 0.25) is 0 Å². The quantitative estimate of drug-likeness (QED) is 0.567. The summed E-state index contributed by atoms with van der Waals surface area (Å²) in [5.74, 6) is 0. The second kappa shape index (κ2) is 3.37. The summed E-state index contributed by atoms with van der Waals surface area (Å²) >= 11 is 0. The summed E-state index contributed by atoms with van der Waals surface area (Å²) in [6.07, 6.45) is 3.72. The van der Waals surface area contributed by atoms with E-state index in [2.05, 4.69) is 5.32 Å². The molecule has 0 aromatic heterocycles. The van der Waals surface area contributed by atoms with Crippen LogP contribution in [0.25, 0.3) is 0 Å². The number of nitro groups is 1. The molecule has 5 heteroatoms. The van der Waals surface area contributed by atoms with Crippen LogP contribution in [0.3, 0.4) is 0 Å². The van der Waals surface area contributed by atoms with Gasteiger partial charge in [0.15, 0.2) is 0 Å². The Morgan fingerprint density at radius 1 is 1.36 bits per heavy atom. The molecule has 0 bridgehead atoms. The van der Waals surface area contributed by atoms with E-state index in [1.165, 1.54) is 12.1 Å². The van der Waals surface area contributed by atoms with Gasteiger partial charge in [-0.25, -0.2) is 0 Å². The number of hydrogen-bond acceptors (Lipinski definition) is 4. The molecule has 14 heavy (non-hydrogen) atoms. The van der Waals surface area contributed by atoms with Crippen molar-refractivity contribution in [1.29, 1.82) is 0 Å². The van der Waals surface area contributed by atoms with Crippen molar-refractivity contribution in [3.8, 4) is 0 Å². The summed E-state index contributed by atoms with van der Waals surface area (Å²) < 4.78 is 0. The summed E-state index contributed by atoms with van der Waals surface area (Å²) in [5.41, 5.74) is 1.06. The van der Waals surface area contributed by atoms with Crippen LogP contribution in [0.5, 0.6) is 0 Å². The van der Waals surface area contributed by atoms with Crippen molar-refractivity contribution in [2.24, 2.45) is 0 Å². The molecule has 5 nitrogen and oxygen atoms in total. The first-order valence-electron chi connectivity index (χ1n) is 4.18. The van der Waals surface area contributed by atoms with Gasteiger partial charge in [-0.05, 0) is 12.1 Å². The molecule has 0 atom stereocenters. The molecule has 0 fully saturated rings. The van der Waals surface area contributed by atoms with E-state index in [-0.39, 0.29) is 5.69 Å². The minimum Gasteiger partial charge on any atom is -0.372 e. The van der Waals surface area contributed by atoms with Crippen LogP contribution in [-0.4, -0.2) is 11.6 Å². The lowest BCUT2D eigenvalue weighted by Gasteiger charge is -2.13. The molecule has 0 radical (unpaired) electrons. The van der Waals surface area contributed by atoms with Gasteiger partial charge in [0.2, 0.25) is 0 Å². The number of benzene rings is 1. The fourth-order valence-corrected chi connectivity index (χ4v) is 1.29. The van der Waals surface area contributed by atoms with Crippen LogP contribution in [0.15, 0.2) is 36.7 Å². The highest BCUT2D eigenvalue weighted by molar-refractivity contribution is 5.53. The Hall–Kier alpha value is -2.04. The second-order valence-corrected chi connectivity index (χ2v) is 2.92. The Morgan fingerprint density at radius 2 is 2.07 bits per heavy atom. The molecule has 0 aliphatic carbocycles. The maximum atomic E-state index is 10.4. The molecule has 1 aromatic carbocycles. The minimum atomic E-state index is -0.401. The topological polar surface area (TPSA) is 58.4 Å². The Balaban J connectivity index is 2.21. The molecule has 1 N–H and O–H groups in total. The van der Waals surface area contributed by atoms with Crippen LogP contribution in [-0.2, 0) is 0 Å². The summed E-state index contributed by atoms with van der Waals surface area (Å²) in [4.78, 5) is 12.0. The highest BCUT2D eigenvalue weighted by atomic mass is 16.6. The third-order valence-electron chi connectivity index (χ3n) is 2.03. The van der Waals surface area contributed by atoms with Gasteiger partial charge in [-0.3, -0.25) is 10.1 Å². The smallest absolute Gasteiger partial charge is 0.269 e. The van der Waals surface area contributed by atoms with Crippen molar-refractivity contribution in [2.75, 3.05) is 11.6 Å². The van der Waals surface area contributed by atoms with E-state index in [0.717, 1.165) is 5.69 Å². The zero-order chi connectivity index (χ0) is 9.97. The third kappa shape index (κ3) is 1.52. The molecule has 0 saturated heterocycles. The molecule has 0 amide bonds. The van der Waals surface area contributed by atoms with Gasteiger partial charge >= 0.3 is 0 Å². The highest BCUT2D eigenvalue weighted by Crippen LogP contribution is 2.19. The van der Waals surface area contributed by atoms with Gasteiger partial charge in [0.05, 0.1) is 11.6 Å². The van der Waals surface area contributed by atoms with Crippen molar-refractivity contribution in [3.05, 3.63) is 46.8 Å². The summed E-state index contributed by atoms with van der Waals surface area (Å²) in [6, 6.07) is 6.47. The van der Waals surface area contributed by atoms with Gasteiger partial charge < -0.3 is 10.2 Å². The normalized spacial score (nSPS) is 14.1. The van der Waals surface area contributed by atoms with Crippen LogP contribution in [0, 0.1) is 10.1 Å². The lowest BCUT2D eigenvalue weighted by molar-refractivity contribution is -0.384. The zero-order valence-corrected chi connectivity index (χ0v) is 7.38. The molecular formula is C9H9N3O2. The van der Waals surface area contributed by atoms with Crippen molar-refractivity contribution >= 4 is 11.4 Å². The Kier molecular flexibility index (Phi) is 2.06. The van der Waals surface area contributed by atoms with E-state index in [1.54, 1.807) is 12.1 Å². The molecule has 0 unspecified atom stereocenters. The van der Waals surface area contributed by atoms with Gasteiger partial charge in [0.25, 0.3) is 5.69 Å². The van der Waals surface area contributed by atoms with E-state index < -0.39 is 4.92 Å². The van der Waals surface area contributed by atoms with Gasteiger partial charge in [-0.2, -0.15) is 0 Å².